The molecule has 2 rings (SSSR count). The van der Waals surface area contributed by atoms with Crippen molar-refractivity contribution in [3.8, 4) is 0 Å². The lowest BCUT2D eigenvalue weighted by molar-refractivity contribution is -0.121. The van der Waals surface area contributed by atoms with E-state index in [2.05, 4.69) is 10.3 Å². The Morgan fingerprint density at radius 1 is 1.48 bits per heavy atom. The summed E-state index contributed by atoms with van der Waals surface area (Å²) in [5.41, 5.74) is 0.0766. The predicted octanol–water partition coefficient (Wildman–Crippen LogP) is 2.00. The number of amides is 2. The molecule has 1 aliphatic heterocycles. The van der Waals surface area contributed by atoms with Crippen LogP contribution in [0.5, 0.6) is 0 Å². The average Bonchev–Trinajstić information content (AvgIpc) is 2.49. The highest BCUT2D eigenvalue weighted by Crippen LogP contribution is 2.19. The Morgan fingerprint density at radius 2 is 2.14 bits per heavy atom. The van der Waals surface area contributed by atoms with E-state index >= 15 is 0 Å². The zero-order valence-electron chi connectivity index (χ0n) is 11.7. The van der Waals surface area contributed by atoms with Crippen LogP contribution >= 0.6 is 11.6 Å². The summed E-state index contributed by atoms with van der Waals surface area (Å²) in [6.45, 7) is 2.80. The lowest BCUT2D eigenvalue weighted by Crippen LogP contribution is -2.46. The van der Waals surface area contributed by atoms with Gasteiger partial charge in [-0.15, -0.1) is 0 Å². The number of nitrogens with one attached hydrogen (secondary N) is 1. The molecule has 0 aromatic carbocycles. The molecule has 0 atom stereocenters. The van der Waals surface area contributed by atoms with Gasteiger partial charge in [-0.2, -0.15) is 0 Å². The van der Waals surface area contributed by atoms with Crippen molar-refractivity contribution in [2.75, 3.05) is 13.1 Å². The SMILES string of the molecule is CCC(=O)NC1CCN(C(=O)c2cc(F)cnc2Cl)CC1. The molecule has 0 radical (unpaired) electrons. The van der Waals surface area contributed by atoms with E-state index in [1.165, 1.54) is 0 Å². The van der Waals surface area contributed by atoms with E-state index in [0.29, 0.717) is 32.4 Å². The smallest absolute Gasteiger partial charge is 0.257 e. The van der Waals surface area contributed by atoms with Gasteiger partial charge in [-0.05, 0) is 18.9 Å². The van der Waals surface area contributed by atoms with Gasteiger partial charge in [0.05, 0.1) is 11.8 Å². The second kappa shape index (κ2) is 6.85. The van der Waals surface area contributed by atoms with Gasteiger partial charge in [-0.25, -0.2) is 9.37 Å². The largest absolute Gasteiger partial charge is 0.353 e. The maximum atomic E-state index is 13.2. The molecule has 0 spiro atoms. The van der Waals surface area contributed by atoms with Gasteiger partial charge in [0.2, 0.25) is 5.91 Å². The molecule has 0 saturated carbocycles. The first-order valence-corrected chi connectivity index (χ1v) is 7.28. The fourth-order valence-electron chi connectivity index (χ4n) is 2.30. The minimum atomic E-state index is -0.590. The lowest BCUT2D eigenvalue weighted by Gasteiger charge is -2.32. The summed E-state index contributed by atoms with van der Waals surface area (Å²) in [4.78, 5) is 28.9. The van der Waals surface area contributed by atoms with Crippen molar-refractivity contribution in [2.24, 2.45) is 0 Å². The summed E-state index contributed by atoms with van der Waals surface area (Å²) in [6.07, 6.45) is 2.78. The van der Waals surface area contributed by atoms with Crippen LogP contribution < -0.4 is 5.32 Å². The summed E-state index contributed by atoms with van der Waals surface area (Å²) in [5.74, 6) is -0.905. The Kier molecular flexibility index (Phi) is 5.12. The van der Waals surface area contributed by atoms with Gasteiger partial charge in [0.25, 0.3) is 5.91 Å². The third kappa shape index (κ3) is 3.91. The zero-order chi connectivity index (χ0) is 15.4. The Labute approximate surface area is 127 Å². The fourth-order valence-corrected chi connectivity index (χ4v) is 2.48. The molecular weight excluding hydrogens is 297 g/mol. The van der Waals surface area contributed by atoms with Gasteiger partial charge in [0.1, 0.15) is 11.0 Å². The van der Waals surface area contributed by atoms with Crippen LogP contribution in [0.1, 0.15) is 36.5 Å². The van der Waals surface area contributed by atoms with Gasteiger partial charge < -0.3 is 10.2 Å². The zero-order valence-corrected chi connectivity index (χ0v) is 12.5. The van der Waals surface area contributed by atoms with Crippen molar-refractivity contribution >= 4 is 23.4 Å². The van der Waals surface area contributed by atoms with Crippen LogP contribution in [-0.2, 0) is 4.79 Å². The number of halogens is 2. The van der Waals surface area contributed by atoms with Crippen molar-refractivity contribution in [2.45, 2.75) is 32.2 Å². The number of aromatic nitrogens is 1. The highest BCUT2D eigenvalue weighted by Gasteiger charge is 2.26. The normalized spacial score (nSPS) is 15.9. The predicted molar refractivity (Wildman–Crippen MR) is 76.6 cm³/mol. The summed E-state index contributed by atoms with van der Waals surface area (Å²) < 4.78 is 13.2. The molecule has 5 nitrogen and oxygen atoms in total. The molecule has 0 unspecified atom stereocenters. The summed E-state index contributed by atoms with van der Waals surface area (Å²) >= 11 is 5.84. The van der Waals surface area contributed by atoms with Crippen molar-refractivity contribution in [3.63, 3.8) is 0 Å². The first-order valence-electron chi connectivity index (χ1n) is 6.91. The summed E-state index contributed by atoms with van der Waals surface area (Å²) in [5, 5.41) is 2.92. The second-order valence-electron chi connectivity index (χ2n) is 4.98. The average molecular weight is 314 g/mol. The van der Waals surface area contributed by atoms with Crippen LogP contribution in [0.3, 0.4) is 0 Å². The maximum Gasteiger partial charge on any atom is 0.257 e. The van der Waals surface area contributed by atoms with E-state index in [4.69, 9.17) is 11.6 Å². The molecule has 114 valence electrons. The van der Waals surface area contributed by atoms with Crippen LogP contribution in [-0.4, -0.2) is 40.8 Å². The van der Waals surface area contributed by atoms with Gasteiger partial charge in [0.15, 0.2) is 0 Å². The highest BCUT2D eigenvalue weighted by molar-refractivity contribution is 6.32. The van der Waals surface area contributed by atoms with Gasteiger partial charge in [-0.1, -0.05) is 18.5 Å². The van der Waals surface area contributed by atoms with Crippen molar-refractivity contribution < 1.29 is 14.0 Å². The summed E-state index contributed by atoms with van der Waals surface area (Å²) in [6, 6.07) is 1.19. The Balaban J connectivity index is 1.97. The number of piperidine rings is 1. The number of rotatable bonds is 3. The number of carbonyl (C=O) groups excluding carboxylic acids is 2. The molecule has 7 heteroatoms. The molecule has 0 aliphatic carbocycles. The number of hydrogen-bond acceptors (Lipinski definition) is 3. The summed E-state index contributed by atoms with van der Waals surface area (Å²) in [7, 11) is 0. The number of pyridine rings is 1. The van der Waals surface area contributed by atoms with E-state index in [9.17, 15) is 14.0 Å². The van der Waals surface area contributed by atoms with Crippen LogP contribution in [0, 0.1) is 5.82 Å². The van der Waals surface area contributed by atoms with Crippen molar-refractivity contribution in [1.82, 2.24) is 15.2 Å². The van der Waals surface area contributed by atoms with Crippen LogP contribution in [0.4, 0.5) is 4.39 Å². The van der Waals surface area contributed by atoms with Crippen LogP contribution in [0.15, 0.2) is 12.3 Å². The second-order valence-corrected chi connectivity index (χ2v) is 5.34. The number of likely N-dealkylation sites (tertiary alicyclic amines) is 1. The molecule has 1 N–H and O–H groups in total. The molecule has 2 heterocycles. The molecule has 1 aromatic heterocycles. The monoisotopic (exact) mass is 313 g/mol. The van der Waals surface area contributed by atoms with Crippen LogP contribution in [0.25, 0.3) is 0 Å². The molecule has 1 aromatic rings. The fraction of sp³-hybridized carbons (Fsp3) is 0.500. The van der Waals surface area contributed by atoms with E-state index in [1.807, 2.05) is 0 Å². The minimum Gasteiger partial charge on any atom is -0.353 e. The first kappa shape index (κ1) is 15.7. The topological polar surface area (TPSA) is 62.3 Å². The van der Waals surface area contributed by atoms with Crippen LogP contribution in [0.2, 0.25) is 5.15 Å². The molecule has 1 saturated heterocycles. The Hall–Kier alpha value is -1.69. The Bertz CT molecular complexity index is 545. The molecule has 1 fully saturated rings. The maximum absolute atomic E-state index is 13.2. The highest BCUT2D eigenvalue weighted by atomic mass is 35.5. The van der Waals surface area contributed by atoms with Crippen molar-refractivity contribution in [1.29, 1.82) is 0 Å². The number of nitrogens with zero attached hydrogens (tertiary/aromatic N) is 2. The minimum absolute atomic E-state index is 0.00260. The molecule has 2 amide bonds. The van der Waals surface area contributed by atoms with Gasteiger partial charge in [0, 0.05) is 25.6 Å². The quantitative estimate of drug-likeness (QED) is 0.868. The third-order valence-electron chi connectivity index (χ3n) is 3.50. The molecular formula is C14H17ClFN3O2. The van der Waals surface area contributed by atoms with Gasteiger partial charge in [-0.3, -0.25) is 9.59 Å². The standard InChI is InChI=1S/C14H17ClFN3O2/c1-2-12(20)18-10-3-5-19(6-4-10)14(21)11-7-9(16)8-17-13(11)15/h7-8,10H,2-6H2,1H3,(H,18,20). The number of hydrogen-bond donors (Lipinski definition) is 1. The van der Waals surface area contributed by atoms with E-state index in [1.54, 1.807) is 11.8 Å². The third-order valence-corrected chi connectivity index (χ3v) is 3.81. The first-order chi connectivity index (χ1) is 10.0. The van der Waals surface area contributed by atoms with Gasteiger partial charge >= 0.3 is 0 Å². The number of carbonyl (C=O) groups is 2. The van der Waals surface area contributed by atoms with E-state index < -0.39 is 5.82 Å². The molecule has 1 aliphatic rings. The van der Waals surface area contributed by atoms with E-state index in [-0.39, 0.29) is 28.6 Å². The van der Waals surface area contributed by atoms with Crippen molar-refractivity contribution in [3.05, 3.63) is 28.8 Å². The molecule has 0 bridgehead atoms. The Morgan fingerprint density at radius 3 is 2.76 bits per heavy atom. The lowest BCUT2D eigenvalue weighted by atomic mass is 10.0. The molecule has 21 heavy (non-hydrogen) atoms. The van der Waals surface area contributed by atoms with E-state index in [0.717, 1.165) is 12.3 Å².